The first-order chi connectivity index (χ1) is 8.01. The molecule has 0 fully saturated rings. The summed E-state index contributed by atoms with van der Waals surface area (Å²) < 4.78 is 18.9. The summed E-state index contributed by atoms with van der Waals surface area (Å²) in [7, 11) is 1.66. The van der Waals surface area contributed by atoms with E-state index in [1.165, 1.54) is 6.07 Å². The molecule has 0 amide bonds. The molecule has 0 aliphatic heterocycles. The summed E-state index contributed by atoms with van der Waals surface area (Å²) in [6, 6.07) is 3.23. The Morgan fingerprint density at radius 1 is 1.53 bits per heavy atom. The summed E-state index contributed by atoms with van der Waals surface area (Å²) in [5, 5.41) is 0. The largest absolute Gasteiger partial charge is 0.397 e. The van der Waals surface area contributed by atoms with Gasteiger partial charge in [-0.15, -0.1) is 0 Å². The molecular formula is C12H18BrFN2O. The molecule has 1 atom stereocenters. The van der Waals surface area contributed by atoms with Crippen LogP contribution < -0.4 is 10.6 Å². The normalized spacial score (nSPS) is 12.5. The van der Waals surface area contributed by atoms with Gasteiger partial charge in [-0.05, 0) is 35.8 Å². The third-order valence-corrected chi connectivity index (χ3v) is 3.27. The standard InChI is InChI=1S/C12H18BrFN2O/c1-4-16(8(2)7-17-3)12-5-9(13)10(14)6-11(12)15/h5-6,8H,4,7,15H2,1-3H3. The average Bonchev–Trinajstić information content (AvgIpc) is 2.26. The van der Waals surface area contributed by atoms with E-state index in [1.54, 1.807) is 13.2 Å². The minimum atomic E-state index is -0.346. The van der Waals surface area contributed by atoms with Crippen molar-refractivity contribution in [3.63, 3.8) is 0 Å². The van der Waals surface area contributed by atoms with E-state index in [0.717, 1.165) is 12.2 Å². The zero-order chi connectivity index (χ0) is 13.0. The third-order valence-electron chi connectivity index (χ3n) is 2.66. The lowest BCUT2D eigenvalue weighted by Gasteiger charge is -2.31. The second kappa shape index (κ2) is 6.21. The molecule has 0 aliphatic rings. The van der Waals surface area contributed by atoms with Crippen molar-refractivity contribution in [1.82, 2.24) is 0 Å². The van der Waals surface area contributed by atoms with Crippen LogP contribution in [0.2, 0.25) is 0 Å². The maximum absolute atomic E-state index is 13.3. The number of methoxy groups -OCH3 is 1. The zero-order valence-electron chi connectivity index (χ0n) is 10.3. The van der Waals surface area contributed by atoms with Gasteiger partial charge in [0.1, 0.15) is 5.82 Å². The van der Waals surface area contributed by atoms with Crippen molar-refractivity contribution in [2.45, 2.75) is 19.9 Å². The first-order valence-electron chi connectivity index (χ1n) is 5.51. The first-order valence-corrected chi connectivity index (χ1v) is 6.30. The maximum Gasteiger partial charge on any atom is 0.139 e. The number of hydrogen-bond donors (Lipinski definition) is 1. The molecule has 1 aromatic rings. The lowest BCUT2D eigenvalue weighted by Crippen LogP contribution is -2.36. The molecule has 3 nitrogen and oxygen atoms in total. The SMILES string of the molecule is CCN(c1cc(Br)c(F)cc1N)C(C)COC. The van der Waals surface area contributed by atoms with E-state index in [4.69, 9.17) is 10.5 Å². The summed E-state index contributed by atoms with van der Waals surface area (Å²) in [5.41, 5.74) is 7.12. The lowest BCUT2D eigenvalue weighted by molar-refractivity contribution is 0.182. The molecule has 0 saturated carbocycles. The summed E-state index contributed by atoms with van der Waals surface area (Å²) in [5.74, 6) is -0.346. The highest BCUT2D eigenvalue weighted by Gasteiger charge is 2.16. The highest BCUT2D eigenvalue weighted by atomic mass is 79.9. The molecule has 2 N–H and O–H groups in total. The Labute approximate surface area is 110 Å². The van der Waals surface area contributed by atoms with Gasteiger partial charge < -0.3 is 15.4 Å². The number of hydrogen-bond acceptors (Lipinski definition) is 3. The van der Waals surface area contributed by atoms with E-state index < -0.39 is 0 Å². The molecule has 0 spiro atoms. The van der Waals surface area contributed by atoms with Crippen LogP contribution in [0.25, 0.3) is 0 Å². The quantitative estimate of drug-likeness (QED) is 0.850. The van der Waals surface area contributed by atoms with Gasteiger partial charge in [0, 0.05) is 25.8 Å². The second-order valence-corrected chi connectivity index (χ2v) is 4.77. The number of nitrogen functional groups attached to an aromatic ring is 1. The highest BCUT2D eigenvalue weighted by molar-refractivity contribution is 9.10. The van der Waals surface area contributed by atoms with E-state index >= 15 is 0 Å². The Morgan fingerprint density at radius 3 is 2.71 bits per heavy atom. The van der Waals surface area contributed by atoms with Crippen molar-refractivity contribution in [3.05, 3.63) is 22.4 Å². The molecule has 0 radical (unpaired) electrons. The Hall–Kier alpha value is -0.810. The molecule has 1 unspecified atom stereocenters. The predicted molar refractivity (Wildman–Crippen MR) is 72.9 cm³/mol. The van der Waals surface area contributed by atoms with Gasteiger partial charge in [-0.1, -0.05) is 0 Å². The minimum absolute atomic E-state index is 0.185. The summed E-state index contributed by atoms with van der Waals surface area (Å²) in [6.07, 6.45) is 0. The number of halogens is 2. The van der Waals surface area contributed by atoms with Crippen LogP contribution in [0.1, 0.15) is 13.8 Å². The van der Waals surface area contributed by atoms with Gasteiger partial charge in [0.15, 0.2) is 0 Å². The van der Waals surface area contributed by atoms with Gasteiger partial charge in [-0.25, -0.2) is 4.39 Å². The van der Waals surface area contributed by atoms with Crippen LogP contribution in [0.5, 0.6) is 0 Å². The number of likely N-dealkylation sites (N-methyl/N-ethyl adjacent to an activating group) is 1. The smallest absolute Gasteiger partial charge is 0.139 e. The number of benzene rings is 1. The van der Waals surface area contributed by atoms with E-state index in [1.807, 2.05) is 13.8 Å². The van der Waals surface area contributed by atoms with Crippen molar-refractivity contribution in [3.8, 4) is 0 Å². The molecule has 0 heterocycles. The fourth-order valence-corrected chi connectivity index (χ4v) is 2.18. The number of anilines is 2. The molecule has 0 saturated heterocycles. The van der Waals surface area contributed by atoms with Crippen LogP contribution in [-0.2, 0) is 4.74 Å². The van der Waals surface area contributed by atoms with Crippen molar-refractivity contribution in [1.29, 1.82) is 0 Å². The van der Waals surface area contributed by atoms with E-state index in [0.29, 0.717) is 16.8 Å². The molecule has 96 valence electrons. The third kappa shape index (κ3) is 3.33. The van der Waals surface area contributed by atoms with Crippen LogP contribution in [0.15, 0.2) is 16.6 Å². The second-order valence-electron chi connectivity index (χ2n) is 3.92. The number of nitrogens with two attached hydrogens (primary N) is 1. The molecule has 17 heavy (non-hydrogen) atoms. The number of ether oxygens (including phenoxy) is 1. The Balaban J connectivity index is 3.07. The van der Waals surface area contributed by atoms with Crippen LogP contribution in [0.3, 0.4) is 0 Å². The molecule has 1 aromatic carbocycles. The topological polar surface area (TPSA) is 38.5 Å². The van der Waals surface area contributed by atoms with Gasteiger partial charge in [-0.3, -0.25) is 0 Å². The summed E-state index contributed by atoms with van der Waals surface area (Å²) in [4.78, 5) is 2.09. The Kier molecular flexibility index (Phi) is 5.21. The van der Waals surface area contributed by atoms with E-state index in [-0.39, 0.29) is 11.9 Å². The van der Waals surface area contributed by atoms with Gasteiger partial charge in [0.25, 0.3) is 0 Å². The van der Waals surface area contributed by atoms with Crippen LogP contribution >= 0.6 is 15.9 Å². The average molecular weight is 305 g/mol. The number of rotatable bonds is 5. The van der Waals surface area contributed by atoms with Gasteiger partial charge in [0.05, 0.1) is 22.5 Å². The minimum Gasteiger partial charge on any atom is -0.397 e. The van der Waals surface area contributed by atoms with Gasteiger partial charge >= 0.3 is 0 Å². The van der Waals surface area contributed by atoms with Crippen molar-refractivity contribution in [2.75, 3.05) is 30.9 Å². The van der Waals surface area contributed by atoms with Crippen molar-refractivity contribution < 1.29 is 9.13 Å². The zero-order valence-corrected chi connectivity index (χ0v) is 11.9. The summed E-state index contributed by atoms with van der Waals surface area (Å²) >= 11 is 3.18. The summed E-state index contributed by atoms with van der Waals surface area (Å²) in [6.45, 7) is 5.46. The molecule has 5 heteroatoms. The lowest BCUT2D eigenvalue weighted by atomic mass is 10.2. The number of nitrogens with zero attached hydrogens (tertiary/aromatic N) is 1. The molecule has 0 bridgehead atoms. The highest BCUT2D eigenvalue weighted by Crippen LogP contribution is 2.30. The van der Waals surface area contributed by atoms with Crippen LogP contribution in [-0.4, -0.2) is 26.3 Å². The van der Waals surface area contributed by atoms with Crippen LogP contribution in [0.4, 0.5) is 15.8 Å². The molecule has 1 rings (SSSR count). The maximum atomic E-state index is 13.3. The van der Waals surface area contributed by atoms with Crippen molar-refractivity contribution >= 4 is 27.3 Å². The van der Waals surface area contributed by atoms with E-state index in [2.05, 4.69) is 20.8 Å². The Morgan fingerprint density at radius 2 is 2.18 bits per heavy atom. The Bertz CT molecular complexity index is 387. The monoisotopic (exact) mass is 304 g/mol. The van der Waals surface area contributed by atoms with E-state index in [9.17, 15) is 4.39 Å². The first kappa shape index (κ1) is 14.3. The van der Waals surface area contributed by atoms with Gasteiger partial charge in [-0.2, -0.15) is 0 Å². The molecular weight excluding hydrogens is 287 g/mol. The molecule has 0 aromatic heterocycles. The fourth-order valence-electron chi connectivity index (χ4n) is 1.85. The molecule has 0 aliphatic carbocycles. The van der Waals surface area contributed by atoms with Crippen molar-refractivity contribution in [2.24, 2.45) is 0 Å². The van der Waals surface area contributed by atoms with Gasteiger partial charge in [0.2, 0.25) is 0 Å². The predicted octanol–water partition coefficient (Wildman–Crippen LogP) is 3.03. The van der Waals surface area contributed by atoms with Crippen LogP contribution in [0, 0.1) is 5.82 Å². The fraction of sp³-hybridized carbons (Fsp3) is 0.500.